The van der Waals surface area contributed by atoms with Crippen molar-refractivity contribution in [2.24, 2.45) is 5.73 Å². The Hall–Kier alpha value is -1.35. The predicted molar refractivity (Wildman–Crippen MR) is 70.5 cm³/mol. The van der Waals surface area contributed by atoms with Gasteiger partial charge >= 0.3 is 0 Å². The average molecular weight is 234 g/mol. The van der Waals surface area contributed by atoms with Gasteiger partial charge in [-0.2, -0.15) is 0 Å². The molecule has 1 aromatic rings. The molecule has 1 atom stereocenters. The van der Waals surface area contributed by atoms with Crippen molar-refractivity contribution in [1.29, 1.82) is 0 Å². The minimum absolute atomic E-state index is 0.120. The van der Waals surface area contributed by atoms with Gasteiger partial charge in [-0.3, -0.25) is 4.79 Å². The van der Waals surface area contributed by atoms with E-state index in [0.717, 1.165) is 24.9 Å². The van der Waals surface area contributed by atoms with E-state index in [1.807, 2.05) is 37.4 Å². The second-order valence-corrected chi connectivity index (χ2v) is 4.39. The molecule has 0 bridgehead atoms. The van der Waals surface area contributed by atoms with E-state index in [1.165, 1.54) is 0 Å². The largest absolute Gasteiger partial charge is 0.346 e. The van der Waals surface area contributed by atoms with Crippen molar-refractivity contribution in [2.45, 2.75) is 32.2 Å². The lowest BCUT2D eigenvalue weighted by atomic mass is 10.0. The molecule has 0 aliphatic carbocycles. The topological polar surface area (TPSA) is 46.3 Å². The van der Waals surface area contributed by atoms with Gasteiger partial charge < -0.3 is 10.6 Å². The summed E-state index contributed by atoms with van der Waals surface area (Å²) in [5, 5.41) is 0. The molecular weight excluding hydrogens is 212 g/mol. The zero-order valence-corrected chi connectivity index (χ0v) is 10.7. The number of nitrogens with two attached hydrogens (primary N) is 1. The van der Waals surface area contributed by atoms with Crippen molar-refractivity contribution in [3.63, 3.8) is 0 Å². The number of unbranched alkanes of at least 4 members (excludes halogenated alkanes) is 1. The van der Waals surface area contributed by atoms with Gasteiger partial charge in [0.05, 0.1) is 0 Å². The third-order valence-electron chi connectivity index (χ3n) is 2.90. The molecule has 0 aliphatic rings. The van der Waals surface area contributed by atoms with E-state index in [4.69, 9.17) is 5.73 Å². The normalized spacial score (nSPS) is 12.2. The zero-order chi connectivity index (χ0) is 12.7. The highest BCUT2D eigenvalue weighted by Crippen LogP contribution is 2.14. The van der Waals surface area contributed by atoms with E-state index in [1.54, 1.807) is 4.90 Å². The van der Waals surface area contributed by atoms with Crippen LogP contribution in [0.2, 0.25) is 0 Å². The summed E-state index contributed by atoms with van der Waals surface area (Å²) >= 11 is 0. The van der Waals surface area contributed by atoms with E-state index in [2.05, 4.69) is 6.92 Å². The molecule has 0 spiro atoms. The van der Waals surface area contributed by atoms with Gasteiger partial charge in [-0.25, -0.2) is 0 Å². The molecule has 1 aromatic carbocycles. The van der Waals surface area contributed by atoms with Crippen LogP contribution in [0.4, 0.5) is 0 Å². The van der Waals surface area contributed by atoms with Gasteiger partial charge in [0, 0.05) is 26.1 Å². The highest BCUT2D eigenvalue weighted by molar-refractivity contribution is 5.76. The maximum absolute atomic E-state index is 11.9. The number of benzene rings is 1. The first-order chi connectivity index (χ1) is 8.15. The minimum atomic E-state index is -0.201. The number of hydrogen-bond acceptors (Lipinski definition) is 2. The summed E-state index contributed by atoms with van der Waals surface area (Å²) in [6, 6.07) is 9.56. The first kappa shape index (κ1) is 13.7. The fraction of sp³-hybridized carbons (Fsp3) is 0.500. The summed E-state index contributed by atoms with van der Waals surface area (Å²) in [6.45, 7) is 2.94. The zero-order valence-electron chi connectivity index (χ0n) is 10.7. The van der Waals surface area contributed by atoms with Crippen LogP contribution in [-0.4, -0.2) is 24.4 Å². The Morgan fingerprint density at radius 3 is 2.59 bits per heavy atom. The number of carbonyl (C=O) groups excluding carboxylic acids is 1. The van der Waals surface area contributed by atoms with E-state index in [0.29, 0.717) is 6.42 Å². The molecule has 0 heterocycles. The van der Waals surface area contributed by atoms with Gasteiger partial charge in [-0.05, 0) is 12.0 Å². The highest BCUT2D eigenvalue weighted by Gasteiger charge is 2.14. The minimum Gasteiger partial charge on any atom is -0.346 e. The summed E-state index contributed by atoms with van der Waals surface area (Å²) in [4.78, 5) is 13.6. The van der Waals surface area contributed by atoms with E-state index < -0.39 is 0 Å². The molecule has 3 nitrogen and oxygen atoms in total. The van der Waals surface area contributed by atoms with Gasteiger partial charge in [0.1, 0.15) is 0 Å². The number of nitrogens with zero attached hydrogens (tertiary/aromatic N) is 1. The van der Waals surface area contributed by atoms with Crippen LogP contribution >= 0.6 is 0 Å². The van der Waals surface area contributed by atoms with Crippen LogP contribution in [0.1, 0.15) is 37.8 Å². The van der Waals surface area contributed by atoms with Crippen LogP contribution in [0.25, 0.3) is 0 Å². The van der Waals surface area contributed by atoms with Crippen molar-refractivity contribution >= 4 is 5.91 Å². The van der Waals surface area contributed by atoms with Gasteiger partial charge in [-0.1, -0.05) is 43.7 Å². The highest BCUT2D eigenvalue weighted by atomic mass is 16.2. The molecule has 0 aromatic heterocycles. The van der Waals surface area contributed by atoms with Crippen LogP contribution in [0.5, 0.6) is 0 Å². The van der Waals surface area contributed by atoms with Crippen molar-refractivity contribution < 1.29 is 4.79 Å². The molecular formula is C14H22N2O. The Labute approximate surface area is 104 Å². The number of carbonyl (C=O) groups is 1. The molecule has 0 saturated heterocycles. The number of rotatable bonds is 6. The van der Waals surface area contributed by atoms with Crippen molar-refractivity contribution in [2.75, 3.05) is 13.6 Å². The second-order valence-electron chi connectivity index (χ2n) is 4.39. The third kappa shape index (κ3) is 4.57. The SMILES string of the molecule is CCCCN(C)C(=O)CC(N)c1ccccc1. The van der Waals surface area contributed by atoms with Gasteiger partial charge in [-0.15, -0.1) is 0 Å². The molecule has 1 unspecified atom stereocenters. The van der Waals surface area contributed by atoms with E-state index >= 15 is 0 Å². The molecule has 1 amide bonds. The molecule has 0 saturated carbocycles. The molecule has 0 aliphatic heterocycles. The van der Waals surface area contributed by atoms with E-state index in [9.17, 15) is 4.79 Å². The van der Waals surface area contributed by atoms with Gasteiger partial charge in [0.15, 0.2) is 0 Å². The molecule has 17 heavy (non-hydrogen) atoms. The Balaban J connectivity index is 2.46. The van der Waals surface area contributed by atoms with Gasteiger partial charge in [0.25, 0.3) is 0 Å². The Morgan fingerprint density at radius 2 is 2.00 bits per heavy atom. The van der Waals surface area contributed by atoms with Crippen LogP contribution in [-0.2, 0) is 4.79 Å². The lowest BCUT2D eigenvalue weighted by Gasteiger charge is -2.19. The molecule has 0 radical (unpaired) electrons. The predicted octanol–water partition coefficient (Wildman–Crippen LogP) is 2.34. The molecule has 94 valence electrons. The lowest BCUT2D eigenvalue weighted by molar-refractivity contribution is -0.130. The smallest absolute Gasteiger partial charge is 0.224 e. The third-order valence-corrected chi connectivity index (χ3v) is 2.90. The first-order valence-electron chi connectivity index (χ1n) is 6.19. The van der Waals surface area contributed by atoms with Crippen molar-refractivity contribution in [3.8, 4) is 0 Å². The van der Waals surface area contributed by atoms with Crippen LogP contribution < -0.4 is 5.73 Å². The van der Waals surface area contributed by atoms with Crippen LogP contribution in [0, 0.1) is 0 Å². The summed E-state index contributed by atoms with van der Waals surface area (Å²) in [6.07, 6.45) is 2.52. The van der Waals surface area contributed by atoms with Crippen molar-refractivity contribution in [1.82, 2.24) is 4.90 Å². The number of amides is 1. The first-order valence-corrected chi connectivity index (χ1v) is 6.19. The lowest BCUT2D eigenvalue weighted by Crippen LogP contribution is -2.30. The molecule has 2 N–H and O–H groups in total. The fourth-order valence-electron chi connectivity index (χ4n) is 1.68. The molecule has 0 fully saturated rings. The van der Waals surface area contributed by atoms with Crippen LogP contribution in [0.3, 0.4) is 0 Å². The fourth-order valence-corrected chi connectivity index (χ4v) is 1.68. The maximum Gasteiger partial charge on any atom is 0.224 e. The standard InChI is InChI=1S/C14H22N2O/c1-3-4-10-16(2)14(17)11-13(15)12-8-6-5-7-9-12/h5-9,13H,3-4,10-11,15H2,1-2H3. The average Bonchev–Trinajstić information content (AvgIpc) is 2.36. The van der Waals surface area contributed by atoms with Crippen LogP contribution in [0.15, 0.2) is 30.3 Å². The quantitative estimate of drug-likeness (QED) is 0.821. The Bertz CT molecular complexity index is 337. The summed E-state index contributed by atoms with van der Waals surface area (Å²) in [5.41, 5.74) is 7.03. The Kier molecular flexibility index (Phi) is 5.70. The second kappa shape index (κ2) is 7.07. The Morgan fingerprint density at radius 1 is 1.35 bits per heavy atom. The van der Waals surface area contributed by atoms with E-state index in [-0.39, 0.29) is 11.9 Å². The molecule has 1 rings (SSSR count). The monoisotopic (exact) mass is 234 g/mol. The summed E-state index contributed by atoms with van der Waals surface area (Å²) in [7, 11) is 1.84. The maximum atomic E-state index is 11.9. The summed E-state index contributed by atoms with van der Waals surface area (Å²) in [5.74, 6) is 0.120. The van der Waals surface area contributed by atoms with Gasteiger partial charge in [0.2, 0.25) is 5.91 Å². The molecule has 3 heteroatoms. The number of hydrogen-bond donors (Lipinski definition) is 1. The summed E-state index contributed by atoms with van der Waals surface area (Å²) < 4.78 is 0. The van der Waals surface area contributed by atoms with Crippen molar-refractivity contribution in [3.05, 3.63) is 35.9 Å².